The lowest BCUT2D eigenvalue weighted by atomic mass is 9.96. The van der Waals surface area contributed by atoms with E-state index in [0.29, 0.717) is 5.92 Å². The Balaban J connectivity index is 3.10. The van der Waals surface area contributed by atoms with E-state index in [-0.39, 0.29) is 6.04 Å². The molecule has 0 aromatic carbocycles. The van der Waals surface area contributed by atoms with E-state index in [1.54, 1.807) is 0 Å². The molecule has 0 spiro atoms. The van der Waals surface area contributed by atoms with E-state index in [1.807, 2.05) is 6.20 Å². The van der Waals surface area contributed by atoms with Crippen molar-refractivity contribution in [2.75, 3.05) is 6.54 Å². The highest BCUT2D eigenvalue weighted by Crippen LogP contribution is 2.23. The van der Waals surface area contributed by atoms with Gasteiger partial charge in [0.2, 0.25) is 0 Å². The van der Waals surface area contributed by atoms with Crippen LogP contribution in [0.2, 0.25) is 0 Å². The second kappa shape index (κ2) is 10.2. The first-order valence-corrected chi connectivity index (χ1v) is 9.54. The van der Waals surface area contributed by atoms with Gasteiger partial charge in [0.25, 0.3) is 0 Å². The normalized spacial score (nSPS) is 18.0. The van der Waals surface area contributed by atoms with Crippen LogP contribution in [0.4, 0.5) is 0 Å². The predicted octanol–water partition coefficient (Wildman–Crippen LogP) is 5.14. The van der Waals surface area contributed by atoms with Gasteiger partial charge in [0.1, 0.15) is 0 Å². The highest BCUT2D eigenvalue weighted by Gasteiger charge is 2.19. The van der Waals surface area contributed by atoms with E-state index in [0.717, 1.165) is 42.8 Å². The maximum absolute atomic E-state index is 4.32. The van der Waals surface area contributed by atoms with Crippen LogP contribution in [-0.4, -0.2) is 12.6 Å². The van der Waals surface area contributed by atoms with Gasteiger partial charge in [0, 0.05) is 12.2 Å². The Morgan fingerprint density at radius 2 is 1.96 bits per heavy atom. The minimum atomic E-state index is 0.214. The Morgan fingerprint density at radius 3 is 2.52 bits per heavy atom. The van der Waals surface area contributed by atoms with Crippen LogP contribution in [0.15, 0.2) is 59.2 Å². The van der Waals surface area contributed by atoms with Crippen LogP contribution in [-0.2, 0) is 0 Å². The minimum absolute atomic E-state index is 0.214. The predicted molar refractivity (Wildman–Crippen MR) is 111 cm³/mol. The van der Waals surface area contributed by atoms with Gasteiger partial charge in [-0.25, -0.2) is 0 Å². The zero-order chi connectivity index (χ0) is 19.0. The maximum atomic E-state index is 4.32. The molecule has 1 unspecified atom stereocenters. The highest BCUT2D eigenvalue weighted by atomic mass is 15.0. The summed E-state index contributed by atoms with van der Waals surface area (Å²) in [7, 11) is 0. The quantitative estimate of drug-likeness (QED) is 0.380. The molecular formula is C22H37N3. The first kappa shape index (κ1) is 21.1. The SMILES string of the molecule is C=C(CCC)CNC1=C(N/C(C(=C)C(C)C)=C(\C)CC)C(C)NC=C1. The molecule has 3 heteroatoms. The summed E-state index contributed by atoms with van der Waals surface area (Å²) < 4.78 is 0. The molecule has 0 saturated carbocycles. The van der Waals surface area contributed by atoms with Crippen LogP contribution >= 0.6 is 0 Å². The second-order valence-electron chi connectivity index (χ2n) is 7.22. The van der Waals surface area contributed by atoms with Gasteiger partial charge in [-0.3, -0.25) is 0 Å². The molecule has 0 bridgehead atoms. The van der Waals surface area contributed by atoms with Crippen molar-refractivity contribution in [2.45, 2.75) is 66.8 Å². The Labute approximate surface area is 155 Å². The third-order valence-electron chi connectivity index (χ3n) is 4.69. The molecule has 0 aliphatic carbocycles. The summed E-state index contributed by atoms with van der Waals surface area (Å²) >= 11 is 0. The van der Waals surface area contributed by atoms with Gasteiger partial charge in [-0.2, -0.15) is 0 Å². The average molecular weight is 344 g/mol. The van der Waals surface area contributed by atoms with Crippen molar-refractivity contribution in [3.05, 3.63) is 59.2 Å². The van der Waals surface area contributed by atoms with E-state index in [4.69, 9.17) is 0 Å². The van der Waals surface area contributed by atoms with E-state index >= 15 is 0 Å². The molecule has 0 fully saturated rings. The van der Waals surface area contributed by atoms with Gasteiger partial charge in [-0.15, -0.1) is 0 Å². The van der Waals surface area contributed by atoms with Crippen molar-refractivity contribution in [3.63, 3.8) is 0 Å². The average Bonchev–Trinajstić information content (AvgIpc) is 2.58. The van der Waals surface area contributed by atoms with E-state index in [9.17, 15) is 0 Å². The summed E-state index contributed by atoms with van der Waals surface area (Å²) in [6.45, 7) is 22.4. The monoisotopic (exact) mass is 343 g/mol. The van der Waals surface area contributed by atoms with E-state index in [1.165, 1.54) is 16.8 Å². The van der Waals surface area contributed by atoms with E-state index < -0.39 is 0 Å². The van der Waals surface area contributed by atoms with Gasteiger partial charge in [-0.1, -0.05) is 52.8 Å². The lowest BCUT2D eigenvalue weighted by Crippen LogP contribution is -2.38. The molecule has 25 heavy (non-hydrogen) atoms. The third kappa shape index (κ3) is 6.15. The number of dihydropyridines is 1. The molecule has 0 amide bonds. The Hall–Kier alpha value is -1.90. The molecule has 0 aromatic heterocycles. The van der Waals surface area contributed by atoms with Crippen LogP contribution in [0.3, 0.4) is 0 Å². The number of allylic oxidation sites excluding steroid dienone is 3. The molecule has 1 aliphatic heterocycles. The molecule has 0 radical (unpaired) electrons. The smallest absolute Gasteiger partial charge is 0.0650 e. The summed E-state index contributed by atoms with van der Waals surface area (Å²) in [5.74, 6) is 0.410. The lowest BCUT2D eigenvalue weighted by molar-refractivity contribution is 0.632. The van der Waals surface area contributed by atoms with Gasteiger partial charge >= 0.3 is 0 Å². The van der Waals surface area contributed by atoms with Crippen LogP contribution in [0.1, 0.15) is 60.8 Å². The van der Waals surface area contributed by atoms with Crippen LogP contribution in [0, 0.1) is 5.92 Å². The van der Waals surface area contributed by atoms with E-state index in [2.05, 4.69) is 76.7 Å². The first-order chi connectivity index (χ1) is 11.8. The van der Waals surface area contributed by atoms with Gasteiger partial charge < -0.3 is 16.0 Å². The Kier molecular flexibility index (Phi) is 8.60. The summed E-state index contributed by atoms with van der Waals surface area (Å²) in [6, 6.07) is 0.214. The Morgan fingerprint density at radius 1 is 1.28 bits per heavy atom. The zero-order valence-corrected chi connectivity index (χ0v) is 17.1. The molecule has 0 aromatic rings. The molecular weight excluding hydrogens is 306 g/mol. The highest BCUT2D eigenvalue weighted by molar-refractivity contribution is 5.40. The van der Waals surface area contributed by atoms with Crippen molar-refractivity contribution in [1.82, 2.24) is 16.0 Å². The minimum Gasteiger partial charge on any atom is -0.383 e. The molecule has 3 nitrogen and oxygen atoms in total. The standard InChI is InChI=1S/C22H37N3/c1-9-11-16(5)14-24-20-12-13-23-19(8)22(20)25-21(17(6)10-2)18(7)15(3)4/h12-13,15,19,23-25H,5,7,9-11,14H2,1-4,6,8H3/b21-17+. The summed E-state index contributed by atoms with van der Waals surface area (Å²) in [5, 5.41) is 10.6. The molecule has 140 valence electrons. The maximum Gasteiger partial charge on any atom is 0.0650 e. The fourth-order valence-electron chi connectivity index (χ4n) is 2.74. The van der Waals surface area contributed by atoms with Crippen molar-refractivity contribution in [3.8, 4) is 0 Å². The number of rotatable bonds is 10. The molecule has 1 heterocycles. The van der Waals surface area contributed by atoms with Crippen LogP contribution < -0.4 is 16.0 Å². The molecule has 1 rings (SSSR count). The van der Waals surface area contributed by atoms with Gasteiger partial charge in [-0.05, 0) is 56.0 Å². The molecule has 3 N–H and O–H groups in total. The van der Waals surface area contributed by atoms with Crippen LogP contribution in [0.5, 0.6) is 0 Å². The number of hydrogen-bond donors (Lipinski definition) is 3. The molecule has 1 aliphatic rings. The van der Waals surface area contributed by atoms with Crippen molar-refractivity contribution in [2.24, 2.45) is 5.92 Å². The van der Waals surface area contributed by atoms with Gasteiger partial charge in [0.15, 0.2) is 0 Å². The topological polar surface area (TPSA) is 36.1 Å². The summed E-state index contributed by atoms with van der Waals surface area (Å²) in [6.07, 6.45) is 7.31. The van der Waals surface area contributed by atoms with Crippen molar-refractivity contribution >= 4 is 0 Å². The van der Waals surface area contributed by atoms with Gasteiger partial charge in [0.05, 0.1) is 17.4 Å². The number of hydrogen-bond acceptors (Lipinski definition) is 3. The zero-order valence-electron chi connectivity index (χ0n) is 17.1. The van der Waals surface area contributed by atoms with Crippen LogP contribution in [0.25, 0.3) is 0 Å². The second-order valence-corrected chi connectivity index (χ2v) is 7.22. The number of nitrogens with one attached hydrogen (secondary N) is 3. The van der Waals surface area contributed by atoms with Crippen molar-refractivity contribution < 1.29 is 0 Å². The largest absolute Gasteiger partial charge is 0.383 e. The first-order valence-electron chi connectivity index (χ1n) is 9.54. The molecule has 0 saturated heterocycles. The Bertz CT molecular complexity index is 576. The third-order valence-corrected chi connectivity index (χ3v) is 4.69. The van der Waals surface area contributed by atoms with Crippen molar-refractivity contribution in [1.29, 1.82) is 0 Å². The summed E-state index contributed by atoms with van der Waals surface area (Å²) in [4.78, 5) is 0. The summed E-state index contributed by atoms with van der Waals surface area (Å²) in [5.41, 5.74) is 7.19. The fraction of sp³-hybridized carbons (Fsp3) is 0.545. The fourth-order valence-corrected chi connectivity index (χ4v) is 2.74. The molecule has 1 atom stereocenters. The lowest BCUT2D eigenvalue weighted by Gasteiger charge is -2.29.